The molecule has 1 aliphatic carbocycles. The van der Waals surface area contributed by atoms with Crippen molar-refractivity contribution >= 4 is 27.5 Å². The predicted octanol–water partition coefficient (Wildman–Crippen LogP) is 4.25. The molecule has 1 aliphatic rings. The number of carbonyl (C=O) groups excluding carboxylic acids is 1. The number of thiophene rings is 1. The fraction of sp³-hybridized carbons (Fsp3) is 0.381. The van der Waals surface area contributed by atoms with Gasteiger partial charge >= 0.3 is 5.97 Å². The van der Waals surface area contributed by atoms with Gasteiger partial charge in [0.05, 0.1) is 11.7 Å². The number of fused-ring (bicyclic) bond motifs is 1. The molecule has 0 bridgehead atoms. The van der Waals surface area contributed by atoms with Gasteiger partial charge in [-0.15, -0.1) is 11.3 Å². The molecule has 0 saturated heterocycles. The minimum atomic E-state index is -0.366. The van der Waals surface area contributed by atoms with Gasteiger partial charge in [0.25, 0.3) is 5.56 Å². The van der Waals surface area contributed by atoms with E-state index in [0.29, 0.717) is 16.1 Å². The van der Waals surface area contributed by atoms with Crippen LogP contribution in [0.5, 0.6) is 0 Å². The summed E-state index contributed by atoms with van der Waals surface area (Å²) >= 11 is 1.44. The van der Waals surface area contributed by atoms with Crippen molar-refractivity contribution in [3.8, 4) is 11.1 Å². The molecule has 1 aromatic carbocycles. The van der Waals surface area contributed by atoms with E-state index in [1.54, 1.807) is 0 Å². The third-order valence-corrected chi connectivity index (χ3v) is 6.09. The van der Waals surface area contributed by atoms with Crippen LogP contribution in [0.2, 0.25) is 0 Å². The molecule has 0 N–H and O–H groups in total. The van der Waals surface area contributed by atoms with E-state index in [1.165, 1.54) is 22.2 Å². The van der Waals surface area contributed by atoms with Gasteiger partial charge < -0.3 is 4.74 Å². The number of nitrogens with zero attached hydrogens (tertiary/aromatic N) is 2. The molecule has 0 unspecified atom stereocenters. The van der Waals surface area contributed by atoms with Gasteiger partial charge in [0.1, 0.15) is 17.5 Å². The molecule has 0 radical (unpaired) electrons. The Labute approximate surface area is 161 Å². The molecule has 1 fully saturated rings. The molecular formula is C21H22N2O3S. The summed E-state index contributed by atoms with van der Waals surface area (Å²) in [6, 6.07) is 9.76. The first-order valence-electron chi connectivity index (χ1n) is 9.33. The largest absolute Gasteiger partial charge is 0.461 e. The molecule has 6 heteroatoms. The Kier molecular flexibility index (Phi) is 5.07. The monoisotopic (exact) mass is 382 g/mol. The highest BCUT2D eigenvalue weighted by atomic mass is 32.1. The number of ether oxygens (including phenoxy) is 1. The highest BCUT2D eigenvalue weighted by Gasteiger charge is 2.22. The van der Waals surface area contributed by atoms with E-state index in [2.05, 4.69) is 11.9 Å². The van der Waals surface area contributed by atoms with E-state index in [4.69, 9.17) is 4.74 Å². The maximum atomic E-state index is 13.0. The fourth-order valence-corrected chi connectivity index (χ4v) is 4.53. The molecule has 2 aromatic heterocycles. The third-order valence-electron chi connectivity index (χ3n) is 5.21. The van der Waals surface area contributed by atoms with Crippen LogP contribution in [0.25, 0.3) is 21.3 Å². The second kappa shape index (κ2) is 7.64. The Hall–Kier alpha value is -2.47. The van der Waals surface area contributed by atoms with Crippen LogP contribution >= 0.6 is 11.3 Å². The van der Waals surface area contributed by atoms with Gasteiger partial charge in [-0.3, -0.25) is 14.2 Å². The van der Waals surface area contributed by atoms with Crippen molar-refractivity contribution in [2.24, 2.45) is 5.92 Å². The van der Waals surface area contributed by atoms with Gasteiger partial charge in [0.2, 0.25) is 0 Å². The molecule has 0 amide bonds. The molecule has 0 spiro atoms. The normalized spacial score (nSPS) is 19.9. The van der Waals surface area contributed by atoms with E-state index in [0.717, 1.165) is 36.8 Å². The lowest BCUT2D eigenvalue weighted by Crippen LogP contribution is -2.29. The molecule has 0 aliphatic heterocycles. The SMILES string of the molecule is CC1CCC(OC(=O)Cn2cnc3scc(-c4ccccc4)c3c2=O)CC1. The summed E-state index contributed by atoms with van der Waals surface area (Å²) in [5.41, 5.74) is 1.63. The Balaban J connectivity index is 1.57. The number of aromatic nitrogens is 2. The zero-order chi connectivity index (χ0) is 18.8. The predicted molar refractivity (Wildman–Crippen MR) is 107 cm³/mol. The summed E-state index contributed by atoms with van der Waals surface area (Å²) in [7, 11) is 0. The number of hydrogen-bond donors (Lipinski definition) is 0. The molecular weight excluding hydrogens is 360 g/mol. The molecule has 0 atom stereocenters. The summed E-state index contributed by atoms with van der Waals surface area (Å²) in [4.78, 5) is 30.4. The average Bonchev–Trinajstić information content (AvgIpc) is 3.11. The molecule has 27 heavy (non-hydrogen) atoms. The lowest BCUT2D eigenvalue weighted by atomic mass is 9.89. The summed E-state index contributed by atoms with van der Waals surface area (Å²) in [6.45, 7) is 2.13. The van der Waals surface area contributed by atoms with Crippen LogP contribution in [-0.2, 0) is 16.1 Å². The van der Waals surface area contributed by atoms with Crippen LogP contribution in [0.4, 0.5) is 0 Å². The van der Waals surface area contributed by atoms with Crippen molar-refractivity contribution < 1.29 is 9.53 Å². The Morgan fingerprint density at radius 2 is 1.96 bits per heavy atom. The zero-order valence-electron chi connectivity index (χ0n) is 15.3. The van der Waals surface area contributed by atoms with Crippen molar-refractivity contribution in [2.75, 3.05) is 0 Å². The van der Waals surface area contributed by atoms with Gasteiger partial charge in [-0.1, -0.05) is 37.3 Å². The van der Waals surface area contributed by atoms with E-state index < -0.39 is 0 Å². The van der Waals surface area contributed by atoms with Crippen molar-refractivity contribution in [2.45, 2.75) is 45.3 Å². The van der Waals surface area contributed by atoms with Crippen molar-refractivity contribution in [3.63, 3.8) is 0 Å². The Bertz CT molecular complexity index is 1000. The van der Waals surface area contributed by atoms with Crippen molar-refractivity contribution in [3.05, 3.63) is 52.4 Å². The van der Waals surface area contributed by atoms with E-state index in [1.807, 2.05) is 35.7 Å². The first-order valence-corrected chi connectivity index (χ1v) is 10.2. The maximum Gasteiger partial charge on any atom is 0.326 e. The summed E-state index contributed by atoms with van der Waals surface area (Å²) in [6.07, 6.45) is 5.40. The first kappa shape index (κ1) is 17.9. The van der Waals surface area contributed by atoms with E-state index >= 15 is 0 Å². The molecule has 5 nitrogen and oxygen atoms in total. The van der Waals surface area contributed by atoms with Gasteiger partial charge in [0.15, 0.2) is 0 Å². The summed E-state index contributed by atoms with van der Waals surface area (Å²) < 4.78 is 6.94. The second-order valence-electron chi connectivity index (χ2n) is 7.24. The smallest absolute Gasteiger partial charge is 0.326 e. The molecule has 140 valence electrons. The maximum absolute atomic E-state index is 13.0. The standard InChI is InChI=1S/C21H22N2O3S/c1-14-7-9-16(10-8-14)26-18(24)11-23-13-22-20-19(21(23)25)17(12-27-20)15-5-3-2-4-6-15/h2-6,12-14,16H,7-11H2,1H3. The van der Waals surface area contributed by atoms with Crippen LogP contribution in [0.15, 0.2) is 46.8 Å². The quantitative estimate of drug-likeness (QED) is 0.633. The highest BCUT2D eigenvalue weighted by molar-refractivity contribution is 7.17. The minimum Gasteiger partial charge on any atom is -0.461 e. The molecule has 2 heterocycles. The fourth-order valence-electron chi connectivity index (χ4n) is 3.62. The number of benzene rings is 1. The van der Waals surface area contributed by atoms with Crippen LogP contribution < -0.4 is 5.56 Å². The number of esters is 1. The summed E-state index contributed by atoms with van der Waals surface area (Å²) in [5.74, 6) is 0.332. The minimum absolute atomic E-state index is 0.0258. The average molecular weight is 382 g/mol. The van der Waals surface area contributed by atoms with Crippen LogP contribution in [-0.4, -0.2) is 21.6 Å². The lowest BCUT2D eigenvalue weighted by Gasteiger charge is -2.26. The van der Waals surface area contributed by atoms with Crippen molar-refractivity contribution in [1.29, 1.82) is 0 Å². The Morgan fingerprint density at radius 1 is 1.22 bits per heavy atom. The zero-order valence-corrected chi connectivity index (χ0v) is 16.1. The van der Waals surface area contributed by atoms with Crippen LogP contribution in [0.3, 0.4) is 0 Å². The third kappa shape index (κ3) is 3.81. The van der Waals surface area contributed by atoms with Gasteiger partial charge in [-0.2, -0.15) is 0 Å². The van der Waals surface area contributed by atoms with E-state index in [-0.39, 0.29) is 24.2 Å². The lowest BCUT2D eigenvalue weighted by molar-refractivity contribution is -0.151. The second-order valence-corrected chi connectivity index (χ2v) is 8.10. The van der Waals surface area contributed by atoms with Crippen LogP contribution in [0, 0.1) is 5.92 Å². The van der Waals surface area contributed by atoms with Gasteiger partial charge in [-0.25, -0.2) is 4.98 Å². The van der Waals surface area contributed by atoms with E-state index in [9.17, 15) is 9.59 Å². The first-order chi connectivity index (χ1) is 13.1. The Morgan fingerprint density at radius 3 is 2.70 bits per heavy atom. The highest BCUT2D eigenvalue weighted by Crippen LogP contribution is 2.30. The van der Waals surface area contributed by atoms with Gasteiger partial charge in [0, 0.05) is 10.9 Å². The molecule has 1 saturated carbocycles. The van der Waals surface area contributed by atoms with Crippen LogP contribution in [0.1, 0.15) is 32.6 Å². The van der Waals surface area contributed by atoms with Crippen molar-refractivity contribution in [1.82, 2.24) is 9.55 Å². The topological polar surface area (TPSA) is 61.2 Å². The molecule has 3 aromatic rings. The number of rotatable bonds is 4. The summed E-state index contributed by atoms with van der Waals surface area (Å²) in [5, 5.41) is 2.51. The number of hydrogen-bond acceptors (Lipinski definition) is 5. The molecule has 4 rings (SSSR count). The number of carbonyl (C=O) groups is 1. The van der Waals surface area contributed by atoms with Gasteiger partial charge in [-0.05, 0) is 37.2 Å².